The van der Waals surface area contributed by atoms with Crippen LogP contribution in [0.3, 0.4) is 0 Å². The van der Waals surface area contributed by atoms with E-state index in [-0.39, 0.29) is 0 Å². The fourth-order valence-electron chi connectivity index (χ4n) is 2.79. The molecule has 4 heteroatoms. The number of hydrogen-bond donors (Lipinski definition) is 1. The highest BCUT2D eigenvalue weighted by Crippen LogP contribution is 2.24. The molecule has 3 rings (SSSR count). The van der Waals surface area contributed by atoms with Crippen molar-refractivity contribution in [2.45, 2.75) is 26.4 Å². The summed E-state index contributed by atoms with van der Waals surface area (Å²) in [6.45, 7) is 3.98. The fraction of sp³-hybridized carbons (Fsp3) is 0.294. The van der Waals surface area contributed by atoms with Gasteiger partial charge in [0.15, 0.2) is 0 Å². The molecule has 0 fully saturated rings. The molecule has 0 spiro atoms. The van der Waals surface area contributed by atoms with Gasteiger partial charge in [0.1, 0.15) is 6.10 Å². The van der Waals surface area contributed by atoms with Crippen LogP contribution in [0.4, 0.5) is 0 Å². The number of rotatable bonds is 3. The van der Waals surface area contributed by atoms with E-state index in [0.29, 0.717) is 6.42 Å². The van der Waals surface area contributed by atoms with E-state index in [1.54, 1.807) is 6.20 Å². The van der Waals surface area contributed by atoms with Crippen LogP contribution in [0.5, 0.6) is 0 Å². The van der Waals surface area contributed by atoms with Crippen LogP contribution in [-0.4, -0.2) is 19.9 Å². The predicted octanol–water partition coefficient (Wildman–Crippen LogP) is 2.86. The molecule has 0 aliphatic rings. The molecule has 0 saturated heterocycles. The maximum Gasteiger partial charge on any atom is 0.102 e. The van der Waals surface area contributed by atoms with Crippen molar-refractivity contribution in [3.8, 4) is 0 Å². The number of para-hydroxylation sites is 1. The summed E-state index contributed by atoms with van der Waals surface area (Å²) >= 11 is 0. The summed E-state index contributed by atoms with van der Waals surface area (Å²) in [5.74, 6) is 0. The SMILES string of the molecule is Cc1cnc(C(O)Cc2nn(C)c3ccccc23)c(C)c1. The number of aliphatic hydroxyl groups excluding tert-OH is 1. The minimum absolute atomic E-state index is 0.470. The molecule has 1 aromatic carbocycles. The Morgan fingerprint density at radius 3 is 2.76 bits per heavy atom. The zero-order valence-electron chi connectivity index (χ0n) is 12.5. The Kier molecular flexibility index (Phi) is 3.47. The Hall–Kier alpha value is -2.20. The molecular formula is C17H19N3O. The van der Waals surface area contributed by atoms with Crippen LogP contribution in [0.25, 0.3) is 10.9 Å². The maximum atomic E-state index is 10.5. The second-order valence-corrected chi connectivity index (χ2v) is 5.52. The molecule has 1 unspecified atom stereocenters. The van der Waals surface area contributed by atoms with Crippen LogP contribution in [0.2, 0.25) is 0 Å². The molecule has 2 aromatic heterocycles. The lowest BCUT2D eigenvalue weighted by atomic mass is 10.0. The molecule has 2 heterocycles. The molecule has 4 nitrogen and oxygen atoms in total. The predicted molar refractivity (Wildman–Crippen MR) is 83.1 cm³/mol. The van der Waals surface area contributed by atoms with Crippen molar-refractivity contribution in [2.75, 3.05) is 0 Å². The third kappa shape index (κ3) is 2.54. The fourth-order valence-corrected chi connectivity index (χ4v) is 2.79. The van der Waals surface area contributed by atoms with E-state index >= 15 is 0 Å². The van der Waals surface area contributed by atoms with Crippen molar-refractivity contribution in [2.24, 2.45) is 7.05 Å². The normalized spacial score (nSPS) is 12.8. The summed E-state index contributed by atoms with van der Waals surface area (Å²) in [6.07, 6.45) is 1.63. The van der Waals surface area contributed by atoms with Crippen LogP contribution in [-0.2, 0) is 13.5 Å². The lowest BCUT2D eigenvalue weighted by molar-refractivity contribution is 0.171. The first-order valence-corrected chi connectivity index (χ1v) is 7.08. The van der Waals surface area contributed by atoms with Gasteiger partial charge in [0, 0.05) is 25.1 Å². The lowest BCUT2D eigenvalue weighted by Crippen LogP contribution is -2.07. The molecule has 0 amide bonds. The average Bonchev–Trinajstić information content (AvgIpc) is 2.76. The van der Waals surface area contributed by atoms with E-state index in [2.05, 4.69) is 10.1 Å². The van der Waals surface area contributed by atoms with Gasteiger partial charge >= 0.3 is 0 Å². The van der Waals surface area contributed by atoms with E-state index in [0.717, 1.165) is 33.4 Å². The van der Waals surface area contributed by atoms with Gasteiger partial charge in [-0.05, 0) is 31.0 Å². The molecule has 0 aliphatic carbocycles. The van der Waals surface area contributed by atoms with E-state index in [4.69, 9.17) is 0 Å². The van der Waals surface area contributed by atoms with Gasteiger partial charge in [0.25, 0.3) is 0 Å². The van der Waals surface area contributed by atoms with Crippen molar-refractivity contribution in [3.05, 3.63) is 59.0 Å². The molecule has 1 N–H and O–H groups in total. The standard InChI is InChI=1S/C17H19N3O/c1-11-8-12(2)17(18-10-11)16(21)9-14-13-6-4-5-7-15(13)20(3)19-14/h4-8,10,16,21H,9H2,1-3H3. The van der Waals surface area contributed by atoms with Gasteiger partial charge in [-0.15, -0.1) is 0 Å². The summed E-state index contributed by atoms with van der Waals surface area (Å²) in [7, 11) is 1.92. The minimum Gasteiger partial charge on any atom is -0.386 e. The summed E-state index contributed by atoms with van der Waals surface area (Å²) < 4.78 is 1.85. The monoisotopic (exact) mass is 281 g/mol. The number of pyridine rings is 1. The molecule has 21 heavy (non-hydrogen) atoms. The Labute approximate surface area is 124 Å². The quantitative estimate of drug-likeness (QED) is 0.803. The molecule has 0 radical (unpaired) electrons. The summed E-state index contributed by atoms with van der Waals surface area (Å²) in [5.41, 5.74) is 4.83. The van der Waals surface area contributed by atoms with E-state index < -0.39 is 6.10 Å². The molecule has 0 bridgehead atoms. The summed E-state index contributed by atoms with van der Waals surface area (Å²) in [5, 5.41) is 16.1. The van der Waals surface area contributed by atoms with Crippen LogP contribution in [0, 0.1) is 13.8 Å². The van der Waals surface area contributed by atoms with E-state index in [9.17, 15) is 5.11 Å². The first-order chi connectivity index (χ1) is 10.1. The molecule has 0 aliphatic heterocycles. The third-order valence-electron chi connectivity index (χ3n) is 3.79. The molecule has 1 atom stereocenters. The second-order valence-electron chi connectivity index (χ2n) is 5.52. The lowest BCUT2D eigenvalue weighted by Gasteiger charge is -2.12. The third-order valence-corrected chi connectivity index (χ3v) is 3.79. The highest BCUT2D eigenvalue weighted by molar-refractivity contribution is 5.81. The van der Waals surface area contributed by atoms with Crippen molar-refractivity contribution in [1.82, 2.24) is 14.8 Å². The highest BCUT2D eigenvalue weighted by Gasteiger charge is 2.17. The Bertz CT molecular complexity index is 792. The number of fused-ring (bicyclic) bond motifs is 1. The maximum absolute atomic E-state index is 10.5. The van der Waals surface area contributed by atoms with Gasteiger partial charge in [-0.1, -0.05) is 24.3 Å². The molecule has 0 saturated carbocycles. The van der Waals surface area contributed by atoms with Gasteiger partial charge < -0.3 is 5.11 Å². The number of aliphatic hydroxyl groups is 1. The van der Waals surface area contributed by atoms with Crippen LogP contribution >= 0.6 is 0 Å². The summed E-state index contributed by atoms with van der Waals surface area (Å²) in [6, 6.07) is 10.1. The van der Waals surface area contributed by atoms with Crippen LogP contribution < -0.4 is 0 Å². The largest absolute Gasteiger partial charge is 0.386 e. The van der Waals surface area contributed by atoms with Gasteiger partial charge in [0.05, 0.1) is 16.9 Å². The van der Waals surface area contributed by atoms with Crippen molar-refractivity contribution in [3.63, 3.8) is 0 Å². The molecular weight excluding hydrogens is 262 g/mol. The van der Waals surface area contributed by atoms with E-state index in [1.807, 2.05) is 55.9 Å². The zero-order chi connectivity index (χ0) is 15.0. The van der Waals surface area contributed by atoms with Crippen molar-refractivity contribution in [1.29, 1.82) is 0 Å². The first kappa shape index (κ1) is 13.8. The second kappa shape index (κ2) is 5.30. The minimum atomic E-state index is -0.635. The Morgan fingerprint density at radius 2 is 2.00 bits per heavy atom. The number of aromatic nitrogens is 3. The summed E-state index contributed by atoms with van der Waals surface area (Å²) in [4.78, 5) is 4.38. The molecule has 3 aromatic rings. The Morgan fingerprint density at radius 1 is 1.24 bits per heavy atom. The van der Waals surface area contributed by atoms with Crippen molar-refractivity contribution >= 4 is 10.9 Å². The van der Waals surface area contributed by atoms with Gasteiger partial charge in [0.2, 0.25) is 0 Å². The number of benzene rings is 1. The van der Waals surface area contributed by atoms with Gasteiger partial charge in [-0.2, -0.15) is 5.10 Å². The number of nitrogens with zero attached hydrogens (tertiary/aromatic N) is 3. The van der Waals surface area contributed by atoms with Gasteiger partial charge in [-0.25, -0.2) is 0 Å². The number of hydrogen-bond acceptors (Lipinski definition) is 3. The smallest absolute Gasteiger partial charge is 0.102 e. The van der Waals surface area contributed by atoms with Gasteiger partial charge in [-0.3, -0.25) is 9.67 Å². The highest BCUT2D eigenvalue weighted by atomic mass is 16.3. The Balaban J connectivity index is 1.94. The number of aryl methyl sites for hydroxylation is 3. The average molecular weight is 281 g/mol. The van der Waals surface area contributed by atoms with Crippen molar-refractivity contribution < 1.29 is 5.11 Å². The van der Waals surface area contributed by atoms with Crippen LogP contribution in [0.1, 0.15) is 28.6 Å². The van der Waals surface area contributed by atoms with Crippen LogP contribution in [0.15, 0.2) is 36.5 Å². The molecule has 108 valence electrons. The topological polar surface area (TPSA) is 50.9 Å². The first-order valence-electron chi connectivity index (χ1n) is 7.08. The zero-order valence-corrected chi connectivity index (χ0v) is 12.5. The van der Waals surface area contributed by atoms with E-state index in [1.165, 1.54) is 0 Å².